The van der Waals surface area contributed by atoms with Crippen molar-refractivity contribution in [2.24, 2.45) is 0 Å². The molecule has 0 atom stereocenters. The van der Waals surface area contributed by atoms with Crippen molar-refractivity contribution >= 4 is 11.6 Å². The minimum Gasteiger partial charge on any atom is -0.494 e. The van der Waals surface area contributed by atoms with Gasteiger partial charge in [-0.1, -0.05) is 45.4 Å². The number of carbonyl (C=O) groups is 1. The number of nitrogens with zero attached hydrogens (tertiary/aromatic N) is 1. The Morgan fingerprint density at radius 2 is 1.77 bits per heavy atom. The van der Waals surface area contributed by atoms with Crippen molar-refractivity contribution in [3.63, 3.8) is 0 Å². The summed E-state index contributed by atoms with van der Waals surface area (Å²) >= 11 is 0. The number of carbonyl (C=O) groups excluding carboxylic acids is 1. The SMILES string of the molecule is CCCCOc1cccc(C(=O)Nc2ccc(CN(CC)CC)cc2)c1. The fourth-order valence-electron chi connectivity index (χ4n) is 2.66. The number of benzene rings is 2. The first-order chi connectivity index (χ1) is 12.7. The lowest BCUT2D eigenvalue weighted by atomic mass is 10.1. The van der Waals surface area contributed by atoms with Crippen LogP contribution in [0.25, 0.3) is 0 Å². The molecule has 2 aromatic rings. The second kappa shape index (κ2) is 10.6. The zero-order valence-corrected chi connectivity index (χ0v) is 16.1. The van der Waals surface area contributed by atoms with Crippen LogP contribution >= 0.6 is 0 Å². The van der Waals surface area contributed by atoms with Crippen molar-refractivity contribution in [2.75, 3.05) is 25.0 Å². The summed E-state index contributed by atoms with van der Waals surface area (Å²) in [5.74, 6) is 0.614. The average Bonchev–Trinajstić information content (AvgIpc) is 2.68. The Balaban J connectivity index is 1.95. The van der Waals surface area contributed by atoms with E-state index in [9.17, 15) is 4.79 Å². The fourth-order valence-corrected chi connectivity index (χ4v) is 2.66. The number of ether oxygens (including phenoxy) is 1. The molecule has 0 aliphatic carbocycles. The summed E-state index contributed by atoms with van der Waals surface area (Å²) in [7, 11) is 0. The van der Waals surface area contributed by atoms with Crippen molar-refractivity contribution in [1.29, 1.82) is 0 Å². The number of hydrogen-bond donors (Lipinski definition) is 1. The highest BCUT2D eigenvalue weighted by Gasteiger charge is 2.08. The molecule has 0 saturated heterocycles. The van der Waals surface area contributed by atoms with Gasteiger partial charge in [0.05, 0.1) is 6.61 Å². The van der Waals surface area contributed by atoms with Crippen molar-refractivity contribution in [3.05, 3.63) is 59.7 Å². The van der Waals surface area contributed by atoms with Gasteiger partial charge in [-0.05, 0) is 55.4 Å². The Labute approximate surface area is 157 Å². The normalized spacial score (nSPS) is 10.8. The lowest BCUT2D eigenvalue weighted by Crippen LogP contribution is -2.22. The van der Waals surface area contributed by atoms with Crippen LogP contribution in [0.4, 0.5) is 5.69 Å². The van der Waals surface area contributed by atoms with Crippen LogP contribution in [0.5, 0.6) is 5.75 Å². The standard InChI is InChI=1S/C22H30N2O2/c1-4-7-15-26-21-10-8-9-19(16-21)22(25)23-20-13-11-18(12-14-20)17-24(5-2)6-3/h8-14,16H,4-7,15,17H2,1-3H3,(H,23,25). The Kier molecular flexibility index (Phi) is 8.16. The van der Waals surface area contributed by atoms with Crippen LogP contribution < -0.4 is 10.1 Å². The summed E-state index contributed by atoms with van der Waals surface area (Å²) in [5, 5.41) is 2.95. The average molecular weight is 354 g/mol. The molecule has 0 aliphatic heterocycles. The molecular weight excluding hydrogens is 324 g/mol. The number of unbranched alkanes of at least 4 members (excludes halogenated alkanes) is 1. The fraction of sp³-hybridized carbons (Fsp3) is 0.409. The molecule has 0 aromatic heterocycles. The van der Waals surface area contributed by atoms with Gasteiger partial charge in [-0.25, -0.2) is 0 Å². The van der Waals surface area contributed by atoms with Crippen molar-refractivity contribution in [3.8, 4) is 5.75 Å². The predicted molar refractivity (Wildman–Crippen MR) is 108 cm³/mol. The van der Waals surface area contributed by atoms with Gasteiger partial charge in [-0.2, -0.15) is 0 Å². The van der Waals surface area contributed by atoms with Crippen LogP contribution in [0.2, 0.25) is 0 Å². The summed E-state index contributed by atoms with van der Waals surface area (Å²) in [5.41, 5.74) is 2.65. The maximum absolute atomic E-state index is 12.5. The van der Waals surface area contributed by atoms with Crippen LogP contribution in [-0.2, 0) is 6.54 Å². The zero-order chi connectivity index (χ0) is 18.8. The number of hydrogen-bond acceptors (Lipinski definition) is 3. The van der Waals surface area contributed by atoms with E-state index in [1.54, 1.807) is 12.1 Å². The highest BCUT2D eigenvalue weighted by atomic mass is 16.5. The third-order valence-corrected chi connectivity index (χ3v) is 4.38. The minimum absolute atomic E-state index is 0.123. The van der Waals surface area contributed by atoms with E-state index in [0.29, 0.717) is 12.2 Å². The van der Waals surface area contributed by atoms with Gasteiger partial charge in [0, 0.05) is 17.8 Å². The van der Waals surface area contributed by atoms with Crippen molar-refractivity contribution < 1.29 is 9.53 Å². The summed E-state index contributed by atoms with van der Waals surface area (Å²) in [6, 6.07) is 15.4. The molecule has 2 aromatic carbocycles. The third-order valence-electron chi connectivity index (χ3n) is 4.38. The van der Waals surface area contributed by atoms with Gasteiger partial charge >= 0.3 is 0 Å². The van der Waals surface area contributed by atoms with E-state index in [1.807, 2.05) is 24.3 Å². The summed E-state index contributed by atoms with van der Waals surface area (Å²) in [6.07, 6.45) is 2.10. The molecule has 0 saturated carbocycles. The van der Waals surface area contributed by atoms with Crippen LogP contribution in [0.15, 0.2) is 48.5 Å². The van der Waals surface area contributed by atoms with E-state index >= 15 is 0 Å². The number of rotatable bonds is 10. The Morgan fingerprint density at radius 1 is 1.04 bits per heavy atom. The molecule has 1 N–H and O–H groups in total. The molecule has 0 aliphatic rings. The quantitative estimate of drug-likeness (QED) is 0.613. The first kappa shape index (κ1) is 20.0. The van der Waals surface area contributed by atoms with Crippen LogP contribution in [0.1, 0.15) is 49.5 Å². The molecule has 0 spiro atoms. The molecular formula is C22H30N2O2. The number of anilines is 1. The summed E-state index contributed by atoms with van der Waals surface area (Å²) < 4.78 is 5.68. The molecule has 0 radical (unpaired) electrons. The van der Waals surface area contributed by atoms with Gasteiger partial charge in [0.15, 0.2) is 0 Å². The van der Waals surface area contributed by atoms with Crippen molar-refractivity contribution in [1.82, 2.24) is 4.90 Å². The Hall–Kier alpha value is -2.33. The monoisotopic (exact) mass is 354 g/mol. The Bertz CT molecular complexity index is 679. The van der Waals surface area contributed by atoms with Gasteiger partial charge in [-0.15, -0.1) is 0 Å². The summed E-state index contributed by atoms with van der Waals surface area (Å²) in [4.78, 5) is 14.8. The number of nitrogens with one attached hydrogen (secondary N) is 1. The molecule has 0 heterocycles. The maximum Gasteiger partial charge on any atom is 0.255 e. The summed E-state index contributed by atoms with van der Waals surface area (Å²) in [6.45, 7) is 10.1. The van der Waals surface area contributed by atoms with Crippen molar-refractivity contribution in [2.45, 2.75) is 40.2 Å². The molecule has 140 valence electrons. The van der Waals surface area contributed by atoms with E-state index < -0.39 is 0 Å². The third kappa shape index (κ3) is 6.19. The highest BCUT2D eigenvalue weighted by molar-refractivity contribution is 6.04. The topological polar surface area (TPSA) is 41.6 Å². The van der Waals surface area contributed by atoms with Crippen LogP contribution in [0, 0.1) is 0 Å². The molecule has 4 heteroatoms. The molecule has 4 nitrogen and oxygen atoms in total. The van der Waals surface area contributed by atoms with Gasteiger partial charge < -0.3 is 10.1 Å². The molecule has 0 fully saturated rings. The van der Waals surface area contributed by atoms with Crippen LogP contribution in [-0.4, -0.2) is 30.5 Å². The van der Waals surface area contributed by atoms with Gasteiger partial charge in [0.2, 0.25) is 0 Å². The van der Waals surface area contributed by atoms with Crippen LogP contribution in [0.3, 0.4) is 0 Å². The smallest absolute Gasteiger partial charge is 0.255 e. The first-order valence-corrected chi connectivity index (χ1v) is 9.51. The Morgan fingerprint density at radius 3 is 2.42 bits per heavy atom. The zero-order valence-electron chi connectivity index (χ0n) is 16.1. The largest absolute Gasteiger partial charge is 0.494 e. The van der Waals surface area contributed by atoms with Gasteiger partial charge in [-0.3, -0.25) is 9.69 Å². The lowest BCUT2D eigenvalue weighted by Gasteiger charge is -2.18. The highest BCUT2D eigenvalue weighted by Crippen LogP contribution is 2.17. The molecule has 0 unspecified atom stereocenters. The van der Waals surface area contributed by atoms with E-state index in [0.717, 1.165) is 43.9 Å². The van der Waals surface area contributed by atoms with E-state index in [2.05, 4.69) is 43.1 Å². The predicted octanol–water partition coefficient (Wildman–Crippen LogP) is 4.96. The first-order valence-electron chi connectivity index (χ1n) is 9.51. The molecule has 0 bridgehead atoms. The van der Waals surface area contributed by atoms with E-state index in [1.165, 1.54) is 5.56 Å². The van der Waals surface area contributed by atoms with Gasteiger partial charge in [0.25, 0.3) is 5.91 Å². The van der Waals surface area contributed by atoms with E-state index in [4.69, 9.17) is 4.74 Å². The lowest BCUT2D eigenvalue weighted by molar-refractivity contribution is 0.102. The number of amides is 1. The molecule has 1 amide bonds. The second-order valence-corrected chi connectivity index (χ2v) is 6.34. The molecule has 2 rings (SSSR count). The maximum atomic E-state index is 12.5. The second-order valence-electron chi connectivity index (χ2n) is 6.34. The minimum atomic E-state index is -0.123. The van der Waals surface area contributed by atoms with E-state index in [-0.39, 0.29) is 5.91 Å². The molecule has 26 heavy (non-hydrogen) atoms. The van der Waals surface area contributed by atoms with Gasteiger partial charge in [0.1, 0.15) is 5.75 Å².